The van der Waals surface area contributed by atoms with Crippen LogP contribution in [0.2, 0.25) is 0 Å². The molecule has 0 aliphatic heterocycles. The lowest BCUT2D eigenvalue weighted by Crippen LogP contribution is -2.28. The second-order valence-electron chi connectivity index (χ2n) is 5.83. The van der Waals surface area contributed by atoms with Gasteiger partial charge in [0.15, 0.2) is 0 Å². The third-order valence-corrected chi connectivity index (χ3v) is 5.11. The minimum absolute atomic E-state index is 1.09. The molecule has 0 bridgehead atoms. The van der Waals surface area contributed by atoms with Crippen molar-refractivity contribution in [2.24, 2.45) is 29.6 Å². The molecule has 0 heteroatoms. The topological polar surface area (TPSA) is 0 Å². The maximum absolute atomic E-state index is 2.38. The van der Waals surface area contributed by atoms with Crippen LogP contribution in [0.1, 0.15) is 51.9 Å². The predicted octanol–water partition coefficient (Wildman–Crippen LogP) is 3.86. The molecule has 3 aliphatic carbocycles. The highest BCUT2D eigenvalue weighted by atomic mass is 14.5. The van der Waals surface area contributed by atoms with Gasteiger partial charge in [-0.1, -0.05) is 19.8 Å². The average Bonchev–Trinajstić information content (AvgIpc) is 2.91. The van der Waals surface area contributed by atoms with E-state index in [-0.39, 0.29) is 0 Å². The van der Waals surface area contributed by atoms with Gasteiger partial charge in [-0.15, -0.1) is 0 Å². The van der Waals surface area contributed by atoms with Gasteiger partial charge < -0.3 is 0 Å². The monoisotopic (exact) mass is 178 g/mol. The summed E-state index contributed by atoms with van der Waals surface area (Å²) in [7, 11) is 0. The molecule has 5 atom stereocenters. The normalized spacial score (nSPS) is 53.8. The van der Waals surface area contributed by atoms with Gasteiger partial charge in [0.1, 0.15) is 0 Å². The van der Waals surface area contributed by atoms with Crippen molar-refractivity contribution >= 4 is 0 Å². The Labute approximate surface area is 82.1 Å². The van der Waals surface area contributed by atoms with E-state index in [0.29, 0.717) is 0 Å². The smallest absolute Gasteiger partial charge is 0.0380 e. The fraction of sp³-hybridized carbons (Fsp3) is 1.00. The van der Waals surface area contributed by atoms with Crippen molar-refractivity contribution in [2.75, 3.05) is 0 Å². The van der Waals surface area contributed by atoms with Crippen molar-refractivity contribution in [3.8, 4) is 0 Å². The summed E-state index contributed by atoms with van der Waals surface area (Å²) in [6, 6.07) is 0. The van der Waals surface area contributed by atoms with Crippen LogP contribution in [-0.4, -0.2) is 0 Å². The summed E-state index contributed by atoms with van der Waals surface area (Å²) in [5.41, 5.74) is 0. The first-order chi connectivity index (χ1) is 6.36. The largest absolute Gasteiger partial charge is 0.0651 e. The van der Waals surface area contributed by atoms with Crippen LogP contribution >= 0.6 is 0 Å². The SMILES string of the molecule is CCC1CCC2CC3CC3CC2C1. The van der Waals surface area contributed by atoms with E-state index >= 15 is 0 Å². The molecule has 0 saturated heterocycles. The van der Waals surface area contributed by atoms with E-state index in [0.717, 1.165) is 17.8 Å². The Morgan fingerprint density at radius 1 is 0.769 bits per heavy atom. The summed E-state index contributed by atoms with van der Waals surface area (Å²) in [4.78, 5) is 0. The minimum atomic E-state index is 1.09. The van der Waals surface area contributed by atoms with E-state index in [9.17, 15) is 0 Å². The Morgan fingerprint density at radius 3 is 2.08 bits per heavy atom. The summed E-state index contributed by atoms with van der Waals surface area (Å²) in [5, 5.41) is 0. The van der Waals surface area contributed by atoms with Gasteiger partial charge in [-0.2, -0.15) is 0 Å². The van der Waals surface area contributed by atoms with Gasteiger partial charge in [-0.25, -0.2) is 0 Å². The first-order valence-corrected chi connectivity index (χ1v) is 6.36. The molecule has 74 valence electrons. The molecular formula is C13H22. The van der Waals surface area contributed by atoms with Crippen LogP contribution in [0.5, 0.6) is 0 Å². The Morgan fingerprint density at radius 2 is 1.38 bits per heavy atom. The highest BCUT2D eigenvalue weighted by molar-refractivity contribution is 4.97. The zero-order chi connectivity index (χ0) is 8.84. The summed E-state index contributed by atoms with van der Waals surface area (Å²) in [6.07, 6.45) is 11.0. The van der Waals surface area contributed by atoms with Gasteiger partial charge >= 0.3 is 0 Å². The minimum Gasteiger partial charge on any atom is -0.0651 e. The highest BCUT2D eigenvalue weighted by Gasteiger charge is 2.47. The number of hydrogen-bond donors (Lipinski definition) is 0. The summed E-state index contributed by atoms with van der Waals surface area (Å²) < 4.78 is 0. The van der Waals surface area contributed by atoms with Crippen molar-refractivity contribution in [3.63, 3.8) is 0 Å². The van der Waals surface area contributed by atoms with E-state index in [1.54, 1.807) is 38.5 Å². The second kappa shape index (κ2) is 3.00. The van der Waals surface area contributed by atoms with Crippen molar-refractivity contribution in [1.82, 2.24) is 0 Å². The lowest BCUT2D eigenvalue weighted by atomic mass is 9.67. The molecule has 0 aromatic rings. The van der Waals surface area contributed by atoms with Crippen molar-refractivity contribution in [3.05, 3.63) is 0 Å². The lowest BCUT2D eigenvalue weighted by Gasteiger charge is -2.38. The second-order valence-corrected chi connectivity index (χ2v) is 5.83. The molecule has 3 fully saturated rings. The summed E-state index contributed by atoms with van der Waals surface area (Å²) >= 11 is 0. The van der Waals surface area contributed by atoms with Crippen LogP contribution in [0.15, 0.2) is 0 Å². The molecule has 3 saturated carbocycles. The molecule has 0 spiro atoms. The molecule has 0 heterocycles. The van der Waals surface area contributed by atoms with Gasteiger partial charge in [-0.3, -0.25) is 0 Å². The molecule has 3 rings (SSSR count). The fourth-order valence-corrected chi connectivity index (χ4v) is 4.06. The average molecular weight is 178 g/mol. The third-order valence-electron chi connectivity index (χ3n) is 5.11. The molecule has 0 amide bonds. The molecule has 0 aromatic heterocycles. The molecule has 13 heavy (non-hydrogen) atoms. The third kappa shape index (κ3) is 1.43. The Balaban J connectivity index is 1.65. The molecule has 3 aliphatic rings. The number of hydrogen-bond acceptors (Lipinski definition) is 0. The fourth-order valence-electron chi connectivity index (χ4n) is 4.06. The standard InChI is InChI=1S/C13H22/c1-2-9-3-4-10-6-12-8-13(12)7-11(10)5-9/h9-13H,2-8H2,1H3. The Kier molecular flexibility index (Phi) is 1.92. The van der Waals surface area contributed by atoms with Crippen molar-refractivity contribution in [1.29, 1.82) is 0 Å². The van der Waals surface area contributed by atoms with E-state index in [4.69, 9.17) is 0 Å². The van der Waals surface area contributed by atoms with E-state index in [2.05, 4.69) is 6.92 Å². The van der Waals surface area contributed by atoms with Gasteiger partial charge in [0.2, 0.25) is 0 Å². The Hall–Kier alpha value is 0. The molecule has 5 unspecified atom stereocenters. The van der Waals surface area contributed by atoms with Crippen molar-refractivity contribution < 1.29 is 0 Å². The maximum atomic E-state index is 2.38. The first-order valence-electron chi connectivity index (χ1n) is 6.36. The van der Waals surface area contributed by atoms with Crippen LogP contribution in [0.25, 0.3) is 0 Å². The predicted molar refractivity (Wildman–Crippen MR) is 55.4 cm³/mol. The van der Waals surface area contributed by atoms with E-state index < -0.39 is 0 Å². The van der Waals surface area contributed by atoms with Crippen LogP contribution < -0.4 is 0 Å². The van der Waals surface area contributed by atoms with Gasteiger partial charge in [0.25, 0.3) is 0 Å². The van der Waals surface area contributed by atoms with Crippen molar-refractivity contribution in [2.45, 2.75) is 51.9 Å². The lowest BCUT2D eigenvalue weighted by molar-refractivity contribution is 0.122. The quantitative estimate of drug-likeness (QED) is 0.572. The molecule has 0 radical (unpaired) electrons. The Bertz CT molecular complexity index is 196. The van der Waals surface area contributed by atoms with Gasteiger partial charge in [0.05, 0.1) is 0 Å². The number of fused-ring (bicyclic) bond motifs is 2. The van der Waals surface area contributed by atoms with E-state index in [1.165, 1.54) is 18.3 Å². The zero-order valence-electron chi connectivity index (χ0n) is 8.84. The summed E-state index contributed by atoms with van der Waals surface area (Å²) in [6.45, 7) is 2.38. The molecule has 0 nitrogen and oxygen atoms in total. The van der Waals surface area contributed by atoms with Crippen LogP contribution in [0.4, 0.5) is 0 Å². The first kappa shape index (κ1) is 8.32. The van der Waals surface area contributed by atoms with Crippen LogP contribution in [-0.2, 0) is 0 Å². The van der Waals surface area contributed by atoms with Crippen LogP contribution in [0.3, 0.4) is 0 Å². The molecular weight excluding hydrogens is 156 g/mol. The zero-order valence-corrected chi connectivity index (χ0v) is 8.84. The molecule has 0 N–H and O–H groups in total. The number of rotatable bonds is 1. The molecule has 0 aromatic carbocycles. The van der Waals surface area contributed by atoms with Gasteiger partial charge in [-0.05, 0) is 61.7 Å². The van der Waals surface area contributed by atoms with Gasteiger partial charge in [0, 0.05) is 0 Å². The summed E-state index contributed by atoms with van der Waals surface area (Å²) in [5.74, 6) is 5.79. The maximum Gasteiger partial charge on any atom is -0.0380 e. The van der Waals surface area contributed by atoms with E-state index in [1.807, 2.05) is 0 Å². The van der Waals surface area contributed by atoms with Crippen LogP contribution in [0, 0.1) is 29.6 Å². The highest BCUT2D eigenvalue weighted by Crippen LogP contribution is 2.57.